The molecule has 0 aliphatic heterocycles. The lowest BCUT2D eigenvalue weighted by Crippen LogP contribution is -1.96. The normalized spacial score (nSPS) is 31.0. The second-order valence-electron chi connectivity index (χ2n) is 3.30. The highest BCUT2D eigenvalue weighted by molar-refractivity contribution is 8.03. The lowest BCUT2D eigenvalue weighted by molar-refractivity contribution is 0.586. The van der Waals surface area contributed by atoms with Gasteiger partial charge in [0.05, 0.1) is 0 Å². The molecule has 0 heterocycles. The van der Waals surface area contributed by atoms with Crippen molar-refractivity contribution in [1.29, 1.82) is 5.26 Å². The lowest BCUT2D eigenvalue weighted by atomic mass is 10.1. The topological polar surface area (TPSA) is 23.8 Å². The molecule has 0 radical (unpaired) electrons. The van der Waals surface area contributed by atoms with Gasteiger partial charge in [0.15, 0.2) is 0 Å². The van der Waals surface area contributed by atoms with Crippen LogP contribution >= 0.6 is 35.0 Å². The summed E-state index contributed by atoms with van der Waals surface area (Å²) in [5, 5.41) is 10.3. The Morgan fingerprint density at radius 1 is 1.55 bits per heavy atom. The van der Waals surface area contributed by atoms with Gasteiger partial charge in [-0.05, 0) is 11.8 Å². The molecular formula is C7H9Cl2NS. The van der Waals surface area contributed by atoms with E-state index >= 15 is 0 Å². The number of thiocyanates is 1. The van der Waals surface area contributed by atoms with Crippen molar-refractivity contribution >= 4 is 35.0 Å². The molecule has 1 rings (SSSR count). The van der Waals surface area contributed by atoms with Gasteiger partial charge in [0.1, 0.15) is 9.73 Å². The molecule has 1 unspecified atom stereocenters. The fourth-order valence-corrected chi connectivity index (χ4v) is 3.14. The van der Waals surface area contributed by atoms with E-state index in [-0.39, 0.29) is 11.3 Å². The molecule has 0 aromatic carbocycles. The summed E-state index contributed by atoms with van der Waals surface area (Å²) in [6.45, 7) is 4.05. The fraction of sp³-hybridized carbons (Fsp3) is 0.857. The van der Waals surface area contributed by atoms with Crippen molar-refractivity contribution in [3.05, 3.63) is 0 Å². The first kappa shape index (κ1) is 9.51. The summed E-state index contributed by atoms with van der Waals surface area (Å²) in [7, 11) is 0. The SMILES string of the molecule is CC1(C)C(CSC#N)C1(Cl)Cl. The Balaban J connectivity index is 2.48. The Labute approximate surface area is 81.0 Å². The molecule has 1 fully saturated rings. The van der Waals surface area contributed by atoms with Crippen LogP contribution < -0.4 is 0 Å². The van der Waals surface area contributed by atoms with Gasteiger partial charge in [-0.15, -0.1) is 23.2 Å². The molecule has 1 saturated carbocycles. The Morgan fingerprint density at radius 2 is 2.00 bits per heavy atom. The number of rotatable bonds is 2. The van der Waals surface area contributed by atoms with Gasteiger partial charge < -0.3 is 0 Å². The number of alkyl halides is 2. The molecule has 0 amide bonds. The van der Waals surface area contributed by atoms with Crippen LogP contribution in [-0.2, 0) is 0 Å². The van der Waals surface area contributed by atoms with Gasteiger partial charge in [0.2, 0.25) is 0 Å². The molecule has 1 aliphatic carbocycles. The van der Waals surface area contributed by atoms with Crippen LogP contribution in [0.1, 0.15) is 13.8 Å². The Hall–Kier alpha value is 0.420. The maximum Gasteiger partial charge on any atom is 0.133 e. The number of thioether (sulfide) groups is 1. The highest BCUT2D eigenvalue weighted by Crippen LogP contribution is 2.69. The zero-order valence-electron chi connectivity index (χ0n) is 6.40. The van der Waals surface area contributed by atoms with Crippen LogP contribution in [0.2, 0.25) is 0 Å². The number of nitriles is 1. The fourth-order valence-electron chi connectivity index (χ4n) is 1.19. The summed E-state index contributed by atoms with van der Waals surface area (Å²) in [4.78, 5) is 0. The van der Waals surface area contributed by atoms with Crippen LogP contribution in [-0.4, -0.2) is 10.1 Å². The number of hydrogen-bond donors (Lipinski definition) is 0. The number of hydrogen-bond acceptors (Lipinski definition) is 2. The zero-order chi connectivity index (χ0) is 8.70. The quantitative estimate of drug-likeness (QED) is 0.516. The summed E-state index contributed by atoms with van der Waals surface area (Å²) in [6.07, 6.45) is 0. The minimum absolute atomic E-state index is 0.0278. The standard InChI is InChI=1S/C7H9Cl2NS/c1-6(2)5(3-11-4-10)7(6,8)9/h5H,3H2,1-2H3. The van der Waals surface area contributed by atoms with Crippen molar-refractivity contribution in [2.75, 3.05) is 5.75 Å². The molecular weight excluding hydrogens is 201 g/mol. The summed E-state index contributed by atoms with van der Waals surface area (Å²) < 4.78 is -0.614. The Morgan fingerprint density at radius 3 is 2.27 bits per heavy atom. The molecule has 0 saturated heterocycles. The van der Waals surface area contributed by atoms with Crippen LogP contribution in [0.25, 0.3) is 0 Å². The third-order valence-electron chi connectivity index (χ3n) is 2.40. The van der Waals surface area contributed by atoms with E-state index in [1.165, 1.54) is 11.8 Å². The average molecular weight is 210 g/mol. The summed E-state index contributed by atoms with van der Waals surface area (Å²) >= 11 is 13.2. The van der Waals surface area contributed by atoms with Crippen molar-refractivity contribution < 1.29 is 0 Å². The molecule has 1 atom stereocenters. The summed E-state index contributed by atoms with van der Waals surface area (Å²) in [5.41, 5.74) is -0.0278. The minimum atomic E-state index is -0.614. The molecule has 62 valence electrons. The van der Waals surface area contributed by atoms with Gasteiger partial charge in [0.25, 0.3) is 0 Å². The van der Waals surface area contributed by atoms with E-state index in [2.05, 4.69) is 0 Å². The molecule has 0 bridgehead atoms. The van der Waals surface area contributed by atoms with Gasteiger partial charge in [-0.25, -0.2) is 0 Å². The van der Waals surface area contributed by atoms with Gasteiger partial charge in [-0.3, -0.25) is 0 Å². The molecule has 0 spiro atoms. The van der Waals surface area contributed by atoms with E-state index in [4.69, 9.17) is 28.5 Å². The van der Waals surface area contributed by atoms with Gasteiger partial charge >= 0.3 is 0 Å². The number of nitrogens with zero attached hydrogens (tertiary/aromatic N) is 1. The first-order valence-corrected chi connectivity index (χ1v) is 5.07. The first-order valence-electron chi connectivity index (χ1n) is 3.33. The number of halogens is 2. The van der Waals surface area contributed by atoms with Crippen molar-refractivity contribution in [2.45, 2.75) is 18.2 Å². The maximum absolute atomic E-state index is 8.31. The summed E-state index contributed by atoms with van der Waals surface area (Å²) in [5.74, 6) is 0.985. The van der Waals surface area contributed by atoms with E-state index in [0.717, 1.165) is 5.75 Å². The van der Waals surface area contributed by atoms with Gasteiger partial charge in [0, 0.05) is 17.1 Å². The molecule has 0 N–H and O–H groups in total. The van der Waals surface area contributed by atoms with E-state index < -0.39 is 4.33 Å². The third kappa shape index (κ3) is 1.35. The zero-order valence-corrected chi connectivity index (χ0v) is 8.72. The second kappa shape index (κ2) is 2.73. The monoisotopic (exact) mass is 209 g/mol. The first-order chi connectivity index (χ1) is 4.94. The average Bonchev–Trinajstić information content (AvgIpc) is 2.23. The Kier molecular flexibility index (Phi) is 2.36. The third-order valence-corrected chi connectivity index (χ3v) is 4.53. The van der Waals surface area contributed by atoms with Crippen molar-refractivity contribution in [3.8, 4) is 5.40 Å². The van der Waals surface area contributed by atoms with Gasteiger partial charge in [-0.2, -0.15) is 5.26 Å². The van der Waals surface area contributed by atoms with E-state index in [1.54, 1.807) is 0 Å². The molecule has 0 aromatic heterocycles. The lowest BCUT2D eigenvalue weighted by Gasteiger charge is -1.99. The Bertz CT molecular complexity index is 193. The molecule has 4 heteroatoms. The molecule has 0 aromatic rings. The summed E-state index contributed by atoms with van der Waals surface area (Å²) in [6, 6.07) is 0. The second-order valence-corrected chi connectivity index (χ2v) is 5.49. The van der Waals surface area contributed by atoms with Crippen molar-refractivity contribution in [3.63, 3.8) is 0 Å². The van der Waals surface area contributed by atoms with E-state index in [0.29, 0.717) is 0 Å². The smallest absolute Gasteiger partial charge is 0.133 e. The van der Waals surface area contributed by atoms with Crippen molar-refractivity contribution in [2.24, 2.45) is 11.3 Å². The van der Waals surface area contributed by atoms with Gasteiger partial charge in [-0.1, -0.05) is 13.8 Å². The van der Waals surface area contributed by atoms with Crippen LogP contribution in [0, 0.1) is 22.0 Å². The van der Waals surface area contributed by atoms with Crippen LogP contribution in [0.5, 0.6) is 0 Å². The van der Waals surface area contributed by atoms with Crippen LogP contribution in [0.15, 0.2) is 0 Å². The predicted octanol–water partition coefficient (Wildman–Crippen LogP) is 3.03. The van der Waals surface area contributed by atoms with Crippen LogP contribution in [0.3, 0.4) is 0 Å². The van der Waals surface area contributed by atoms with Crippen molar-refractivity contribution in [1.82, 2.24) is 0 Å². The predicted molar refractivity (Wildman–Crippen MR) is 49.8 cm³/mol. The minimum Gasteiger partial charge on any atom is -0.185 e. The maximum atomic E-state index is 8.31. The molecule has 1 aliphatic rings. The van der Waals surface area contributed by atoms with Crippen LogP contribution in [0.4, 0.5) is 0 Å². The highest BCUT2D eigenvalue weighted by Gasteiger charge is 2.69. The van der Waals surface area contributed by atoms with E-state index in [1.807, 2.05) is 19.2 Å². The highest BCUT2D eigenvalue weighted by atomic mass is 35.5. The van der Waals surface area contributed by atoms with E-state index in [9.17, 15) is 0 Å². The largest absolute Gasteiger partial charge is 0.185 e. The molecule has 11 heavy (non-hydrogen) atoms. The molecule has 1 nitrogen and oxygen atoms in total.